The second kappa shape index (κ2) is 5.46. The van der Waals surface area contributed by atoms with E-state index in [-0.39, 0.29) is 0 Å². The summed E-state index contributed by atoms with van der Waals surface area (Å²) in [5, 5.41) is 6.89. The van der Waals surface area contributed by atoms with Gasteiger partial charge in [0.25, 0.3) is 0 Å². The first-order valence-electron chi connectivity index (χ1n) is 9.02. The van der Waals surface area contributed by atoms with E-state index in [4.69, 9.17) is 5.10 Å². The van der Waals surface area contributed by atoms with Crippen molar-refractivity contribution in [1.29, 1.82) is 0 Å². The van der Waals surface area contributed by atoms with Crippen molar-refractivity contribution in [2.75, 3.05) is 18.6 Å². The van der Waals surface area contributed by atoms with E-state index in [1.165, 1.54) is 44.6 Å². The fourth-order valence-corrected chi connectivity index (χ4v) is 4.30. The first-order valence-corrected chi connectivity index (χ1v) is 9.02. The summed E-state index contributed by atoms with van der Waals surface area (Å²) in [4.78, 5) is 2.33. The van der Waals surface area contributed by atoms with Gasteiger partial charge in [-0.1, -0.05) is 54.6 Å². The Morgan fingerprint density at radius 3 is 2.19 bits per heavy atom. The molecule has 0 spiro atoms. The predicted molar refractivity (Wildman–Crippen MR) is 108 cm³/mol. The van der Waals surface area contributed by atoms with Gasteiger partial charge < -0.3 is 4.90 Å². The smallest absolute Gasteiger partial charge is 0.163 e. The maximum absolute atomic E-state index is 4.87. The molecule has 3 aromatic carbocycles. The number of aryl methyl sites for hydroxylation is 2. The molecule has 3 heteroatoms. The molecular weight excluding hydrogens is 318 g/mol. The molecule has 128 valence electrons. The van der Waals surface area contributed by atoms with Crippen LogP contribution >= 0.6 is 0 Å². The molecule has 3 aromatic rings. The van der Waals surface area contributed by atoms with Gasteiger partial charge in [0.15, 0.2) is 5.84 Å². The fraction of sp³-hybridized carbons (Fsp3) is 0.174. The summed E-state index contributed by atoms with van der Waals surface area (Å²) < 4.78 is 0. The van der Waals surface area contributed by atoms with Crippen molar-refractivity contribution < 1.29 is 0 Å². The zero-order valence-corrected chi connectivity index (χ0v) is 15.3. The molecule has 5 rings (SSSR count). The molecule has 0 fully saturated rings. The lowest BCUT2D eigenvalue weighted by Gasteiger charge is -2.31. The van der Waals surface area contributed by atoms with Gasteiger partial charge in [-0.15, -0.1) is 0 Å². The molecule has 0 N–H and O–H groups in total. The van der Waals surface area contributed by atoms with E-state index in [9.17, 15) is 0 Å². The number of rotatable bonds is 1. The standard InChI is InChI=1S/C23H21N3/c1-15-8-6-9-16(2)21(15)19-12-7-11-18-17-10-4-5-13-20(17)26-14-25(3)24-23(26)22(18)19/h4-13H,14H2,1-3H3. The first kappa shape index (κ1) is 15.2. The highest BCUT2D eigenvalue weighted by molar-refractivity contribution is 6.22. The van der Waals surface area contributed by atoms with Crippen LogP contribution < -0.4 is 4.90 Å². The summed E-state index contributed by atoms with van der Waals surface area (Å²) in [6, 6.07) is 21.8. The van der Waals surface area contributed by atoms with Crippen LogP contribution in [0.4, 0.5) is 5.69 Å². The minimum atomic E-state index is 0.785. The lowest BCUT2D eigenvalue weighted by atomic mass is 9.85. The third kappa shape index (κ3) is 2.03. The van der Waals surface area contributed by atoms with Gasteiger partial charge >= 0.3 is 0 Å². The summed E-state index contributed by atoms with van der Waals surface area (Å²) in [5.74, 6) is 1.06. The summed E-state index contributed by atoms with van der Waals surface area (Å²) in [6.45, 7) is 5.17. The van der Waals surface area contributed by atoms with Crippen molar-refractivity contribution in [2.24, 2.45) is 5.10 Å². The van der Waals surface area contributed by atoms with E-state index in [0.717, 1.165) is 12.5 Å². The quantitative estimate of drug-likeness (QED) is 0.620. The van der Waals surface area contributed by atoms with Crippen LogP contribution in [0.15, 0.2) is 65.8 Å². The molecule has 0 bridgehead atoms. The van der Waals surface area contributed by atoms with Gasteiger partial charge in [0, 0.05) is 18.2 Å². The predicted octanol–water partition coefficient (Wildman–Crippen LogP) is 5.02. The second-order valence-corrected chi connectivity index (χ2v) is 7.16. The molecule has 3 nitrogen and oxygen atoms in total. The topological polar surface area (TPSA) is 18.8 Å². The van der Waals surface area contributed by atoms with Crippen molar-refractivity contribution in [3.05, 3.63) is 77.4 Å². The van der Waals surface area contributed by atoms with Crippen LogP contribution in [0.1, 0.15) is 16.7 Å². The minimum Gasteiger partial charge on any atom is -0.304 e. The number of amidine groups is 1. The highest BCUT2D eigenvalue weighted by atomic mass is 15.6. The third-order valence-corrected chi connectivity index (χ3v) is 5.39. The number of anilines is 1. The van der Waals surface area contributed by atoms with E-state index in [0.29, 0.717) is 0 Å². The van der Waals surface area contributed by atoms with Crippen molar-refractivity contribution in [1.82, 2.24) is 5.01 Å². The molecule has 0 aromatic heterocycles. The third-order valence-electron chi connectivity index (χ3n) is 5.39. The SMILES string of the molecule is Cc1cccc(C)c1-c1cccc2c1C1=NN(C)CN1c1ccccc1-2. The number of nitrogens with zero attached hydrogens (tertiary/aromatic N) is 3. The largest absolute Gasteiger partial charge is 0.304 e. The second-order valence-electron chi connectivity index (χ2n) is 7.16. The molecule has 2 heterocycles. The molecule has 2 aliphatic heterocycles. The lowest BCUT2D eigenvalue weighted by molar-refractivity contribution is 0.393. The molecule has 2 aliphatic rings. The zero-order valence-electron chi connectivity index (χ0n) is 15.3. The van der Waals surface area contributed by atoms with Crippen LogP contribution in [0.25, 0.3) is 22.3 Å². The average molecular weight is 339 g/mol. The zero-order chi connectivity index (χ0) is 17.8. The molecule has 0 atom stereocenters. The van der Waals surface area contributed by atoms with Gasteiger partial charge in [-0.3, -0.25) is 5.01 Å². The Hall–Kier alpha value is -3.07. The number of benzene rings is 3. The number of hydrogen-bond donors (Lipinski definition) is 0. The molecule has 0 amide bonds. The fourth-order valence-electron chi connectivity index (χ4n) is 4.30. The summed E-state index contributed by atoms with van der Waals surface area (Å²) in [7, 11) is 2.04. The average Bonchev–Trinajstić information content (AvgIpc) is 3.03. The van der Waals surface area contributed by atoms with Crippen LogP contribution in [-0.4, -0.2) is 24.6 Å². The van der Waals surface area contributed by atoms with E-state index in [1.54, 1.807) is 0 Å². The van der Waals surface area contributed by atoms with Crippen LogP contribution in [0.3, 0.4) is 0 Å². The molecule has 0 unspecified atom stereocenters. The van der Waals surface area contributed by atoms with Gasteiger partial charge in [-0.2, -0.15) is 5.10 Å². The molecule has 0 saturated heterocycles. The molecule has 0 aliphatic carbocycles. The highest BCUT2D eigenvalue weighted by Crippen LogP contribution is 2.45. The Labute approximate surface area is 154 Å². The Balaban J connectivity index is 1.88. The van der Waals surface area contributed by atoms with Gasteiger partial charge in [0.1, 0.15) is 6.67 Å². The summed E-state index contributed by atoms with van der Waals surface area (Å²) >= 11 is 0. The lowest BCUT2D eigenvalue weighted by Crippen LogP contribution is -2.33. The van der Waals surface area contributed by atoms with Gasteiger partial charge in [-0.25, -0.2) is 0 Å². The summed E-state index contributed by atoms with van der Waals surface area (Å²) in [5.41, 5.74) is 10.2. The van der Waals surface area contributed by atoms with Crippen LogP contribution in [0, 0.1) is 13.8 Å². The molecule has 0 saturated carbocycles. The summed E-state index contributed by atoms with van der Waals surface area (Å²) in [6.07, 6.45) is 0. The number of hydrazone groups is 1. The van der Waals surface area contributed by atoms with Gasteiger partial charge in [-0.05, 0) is 47.7 Å². The highest BCUT2D eigenvalue weighted by Gasteiger charge is 2.34. The van der Waals surface area contributed by atoms with E-state index in [1.807, 2.05) is 12.1 Å². The first-order chi connectivity index (χ1) is 12.6. The monoisotopic (exact) mass is 339 g/mol. The Bertz CT molecular complexity index is 1040. The molecular formula is C23H21N3. The minimum absolute atomic E-state index is 0.785. The van der Waals surface area contributed by atoms with Crippen molar-refractivity contribution in [2.45, 2.75) is 13.8 Å². The van der Waals surface area contributed by atoms with Crippen molar-refractivity contribution in [3.8, 4) is 22.3 Å². The van der Waals surface area contributed by atoms with E-state index in [2.05, 4.69) is 79.4 Å². The molecule has 26 heavy (non-hydrogen) atoms. The Morgan fingerprint density at radius 1 is 0.731 bits per heavy atom. The Kier molecular flexibility index (Phi) is 3.20. The van der Waals surface area contributed by atoms with Gasteiger partial charge in [0.2, 0.25) is 0 Å². The number of fused-ring (bicyclic) bond motifs is 6. The maximum atomic E-state index is 4.87. The number of para-hydroxylation sites is 1. The Morgan fingerprint density at radius 2 is 1.38 bits per heavy atom. The van der Waals surface area contributed by atoms with Crippen molar-refractivity contribution >= 4 is 11.5 Å². The molecule has 0 radical (unpaired) electrons. The van der Waals surface area contributed by atoms with Crippen LogP contribution in [-0.2, 0) is 0 Å². The maximum Gasteiger partial charge on any atom is 0.163 e. The normalized spacial score (nSPS) is 14.7. The van der Waals surface area contributed by atoms with Crippen LogP contribution in [0.2, 0.25) is 0 Å². The van der Waals surface area contributed by atoms with E-state index >= 15 is 0 Å². The number of hydrogen-bond acceptors (Lipinski definition) is 3. The van der Waals surface area contributed by atoms with Gasteiger partial charge in [0.05, 0.1) is 5.69 Å². The van der Waals surface area contributed by atoms with Crippen molar-refractivity contribution in [3.63, 3.8) is 0 Å². The van der Waals surface area contributed by atoms with Crippen LogP contribution in [0.5, 0.6) is 0 Å². The van der Waals surface area contributed by atoms with E-state index < -0.39 is 0 Å².